The van der Waals surface area contributed by atoms with Crippen LogP contribution < -0.4 is 39.7 Å². The summed E-state index contributed by atoms with van der Waals surface area (Å²) in [5.74, 6) is -0.950. The minimum absolute atomic E-state index is 0.0228. The van der Waals surface area contributed by atoms with Crippen LogP contribution in [0.1, 0.15) is 26.2 Å². The smallest absolute Gasteiger partial charge is 0.249 e. The summed E-state index contributed by atoms with van der Waals surface area (Å²) in [4.78, 5) is 12.7. The number of rotatable bonds is 13. The Morgan fingerprint density at radius 2 is 1.43 bits per heavy atom. The fraction of sp³-hybridized carbons (Fsp3) is 0.964. The number of nitrogens with two attached hydrogens (primary N) is 6. The molecule has 4 aliphatic rings. The second-order valence-electron chi connectivity index (χ2n) is 13.2. The molecule has 1 saturated carbocycles. The number of hydrogen-bond acceptors (Lipinski definition) is 20. The van der Waals surface area contributed by atoms with Gasteiger partial charge in [-0.3, -0.25) is 4.79 Å². The summed E-state index contributed by atoms with van der Waals surface area (Å²) >= 11 is 0. The average Bonchev–Trinajstić information content (AvgIpc) is 3.37. The van der Waals surface area contributed by atoms with Crippen LogP contribution in [0.15, 0.2) is 0 Å². The van der Waals surface area contributed by atoms with Gasteiger partial charge in [0.05, 0.1) is 43.0 Å². The van der Waals surface area contributed by atoms with E-state index >= 15 is 0 Å². The van der Waals surface area contributed by atoms with Crippen molar-refractivity contribution in [2.24, 2.45) is 34.4 Å². The fourth-order valence-electron chi connectivity index (χ4n) is 6.52. The van der Waals surface area contributed by atoms with E-state index in [4.69, 9.17) is 62.8 Å². The largest absolute Gasteiger partial charge is 0.394 e. The molecule has 286 valence electrons. The van der Waals surface area contributed by atoms with Crippen LogP contribution in [0.3, 0.4) is 0 Å². The number of hydrogen-bond donors (Lipinski definition) is 14. The molecular formula is C28H55N7O14. The lowest BCUT2D eigenvalue weighted by Crippen LogP contribution is -2.73. The fourth-order valence-corrected chi connectivity index (χ4v) is 6.52. The first-order valence-electron chi connectivity index (χ1n) is 16.5. The molecule has 4 rings (SSSR count). The van der Waals surface area contributed by atoms with Gasteiger partial charge in [0.2, 0.25) is 5.91 Å². The molecule has 21 heteroatoms. The predicted octanol–water partition coefficient (Wildman–Crippen LogP) is -8.61. The van der Waals surface area contributed by atoms with Gasteiger partial charge in [0.1, 0.15) is 61.0 Å². The van der Waals surface area contributed by atoms with Crippen LogP contribution in [0.4, 0.5) is 0 Å². The molecule has 11 unspecified atom stereocenters. The third-order valence-corrected chi connectivity index (χ3v) is 9.58. The molecule has 49 heavy (non-hydrogen) atoms. The van der Waals surface area contributed by atoms with Gasteiger partial charge in [-0.2, -0.15) is 0 Å². The summed E-state index contributed by atoms with van der Waals surface area (Å²) in [7, 11) is 0. The molecule has 0 spiro atoms. The molecule has 4 fully saturated rings. The Labute approximate surface area is 283 Å². The lowest BCUT2D eigenvalue weighted by Gasteiger charge is -2.49. The van der Waals surface area contributed by atoms with Crippen molar-refractivity contribution in [3.8, 4) is 0 Å². The molecule has 0 radical (unpaired) electrons. The first kappa shape index (κ1) is 40.5. The highest BCUT2D eigenvalue weighted by molar-refractivity contribution is 5.80. The molecule has 3 heterocycles. The first-order chi connectivity index (χ1) is 23.1. The minimum Gasteiger partial charge on any atom is -0.394 e. The zero-order valence-electron chi connectivity index (χ0n) is 27.2. The molecule has 1 amide bonds. The van der Waals surface area contributed by atoms with Crippen LogP contribution in [0.5, 0.6) is 0 Å². The maximum Gasteiger partial charge on any atom is 0.249 e. The number of aliphatic hydroxyl groups is 7. The molecule has 20 atom stereocenters. The Morgan fingerprint density at radius 3 is 2.04 bits per heavy atom. The maximum absolute atomic E-state index is 12.7. The topological polar surface area (TPSA) is 382 Å². The number of carbonyl (C=O) groups excluding carboxylic acids is 1. The number of ether oxygens (including phenoxy) is 6. The molecule has 3 saturated heterocycles. The van der Waals surface area contributed by atoms with Crippen LogP contribution in [-0.2, 0) is 33.2 Å². The summed E-state index contributed by atoms with van der Waals surface area (Å²) in [6, 6.07) is -5.25. The van der Waals surface area contributed by atoms with E-state index in [1.54, 1.807) is 6.92 Å². The standard InChI is InChI=1S/C28H55N7O14/c1-8(31)11-3-2-9(32)26(44-11)48-23-14(33)18(39)16(35-25(43)10(37)4-5-29)20(41)24(23)49-28-21(42)22(13(7-36)46-28)47-27-15(34)19(40)17(38)12(6-30)45-27/h8-24,26-28,36-42H,2-7,29-34H2,1H3,(H,35,43)/t8?,9-,10?,11+,12?,13?,14?,15?,16?,17?,18+,19-,20+,21-,22-,23-,24?,26-,27?,28?/m1/s1. The normalized spacial score (nSPS) is 47.5. The van der Waals surface area contributed by atoms with Crippen LogP contribution >= 0.6 is 0 Å². The second-order valence-corrected chi connectivity index (χ2v) is 13.2. The predicted molar refractivity (Wildman–Crippen MR) is 165 cm³/mol. The number of carbonyl (C=O) groups is 1. The zero-order valence-corrected chi connectivity index (χ0v) is 27.2. The molecule has 0 bridgehead atoms. The van der Waals surface area contributed by atoms with Crippen molar-refractivity contribution in [1.29, 1.82) is 0 Å². The SMILES string of the molecule is CC(N)[C@@H]1CC[C@@H](N)[C@@H](O[C@@H]2C(N)[C@H](O)C(NC(=O)C(O)CCN)[C@H](O)C2OC2OC(CO)[C@@H](OC3OC(CN)C(O)[C@H](O)C3N)[C@H]2O)O1. The monoisotopic (exact) mass is 713 g/mol. The van der Waals surface area contributed by atoms with Gasteiger partial charge in [0.15, 0.2) is 18.9 Å². The highest BCUT2D eigenvalue weighted by atomic mass is 16.8. The molecule has 0 aromatic carbocycles. The van der Waals surface area contributed by atoms with Crippen molar-refractivity contribution < 1.29 is 69.0 Å². The van der Waals surface area contributed by atoms with Crippen LogP contribution in [0.2, 0.25) is 0 Å². The van der Waals surface area contributed by atoms with Crippen LogP contribution in [0, 0.1) is 0 Å². The van der Waals surface area contributed by atoms with Gasteiger partial charge in [-0.05, 0) is 32.7 Å². The Kier molecular flexibility index (Phi) is 14.4. The highest BCUT2D eigenvalue weighted by Gasteiger charge is 2.56. The number of nitrogens with one attached hydrogen (secondary N) is 1. The zero-order chi connectivity index (χ0) is 36.3. The Balaban J connectivity index is 1.58. The number of amides is 1. The van der Waals surface area contributed by atoms with E-state index in [0.29, 0.717) is 12.8 Å². The lowest BCUT2D eigenvalue weighted by atomic mass is 9.81. The molecule has 0 aromatic rings. The molecule has 0 aromatic heterocycles. The summed E-state index contributed by atoms with van der Waals surface area (Å²) in [6.45, 7) is 0.819. The van der Waals surface area contributed by atoms with Crippen LogP contribution in [-0.4, -0.2) is 184 Å². The Hall–Kier alpha value is -1.29. The number of aliphatic hydroxyl groups excluding tert-OH is 7. The first-order valence-corrected chi connectivity index (χ1v) is 16.5. The van der Waals surface area contributed by atoms with Gasteiger partial charge >= 0.3 is 0 Å². The summed E-state index contributed by atoms with van der Waals surface area (Å²) in [6.07, 6.45) is -20.1. The van der Waals surface area contributed by atoms with E-state index in [1.165, 1.54) is 0 Å². The highest BCUT2D eigenvalue weighted by Crippen LogP contribution is 2.35. The van der Waals surface area contributed by atoms with Crippen molar-refractivity contribution in [1.82, 2.24) is 5.32 Å². The molecular weight excluding hydrogens is 658 g/mol. The van der Waals surface area contributed by atoms with Gasteiger partial charge in [0.25, 0.3) is 0 Å². The van der Waals surface area contributed by atoms with Gasteiger partial charge in [-0.15, -0.1) is 0 Å². The summed E-state index contributed by atoms with van der Waals surface area (Å²) in [5, 5.41) is 77.3. The van der Waals surface area contributed by atoms with Gasteiger partial charge in [-0.1, -0.05) is 0 Å². The third kappa shape index (κ3) is 8.85. The van der Waals surface area contributed by atoms with Crippen molar-refractivity contribution in [3.63, 3.8) is 0 Å². The van der Waals surface area contributed by atoms with Gasteiger partial charge in [0, 0.05) is 12.6 Å². The molecule has 20 N–H and O–H groups in total. The maximum atomic E-state index is 12.7. The van der Waals surface area contributed by atoms with Gasteiger partial charge in [-0.25, -0.2) is 0 Å². The van der Waals surface area contributed by atoms with E-state index in [0.717, 1.165) is 0 Å². The lowest BCUT2D eigenvalue weighted by molar-refractivity contribution is -0.297. The third-order valence-electron chi connectivity index (χ3n) is 9.58. The van der Waals surface area contributed by atoms with Gasteiger partial charge < -0.3 is 104 Å². The minimum atomic E-state index is -1.81. The van der Waals surface area contributed by atoms with E-state index in [2.05, 4.69) is 5.32 Å². The van der Waals surface area contributed by atoms with E-state index < -0.39 is 129 Å². The second kappa shape index (κ2) is 17.5. The average molecular weight is 714 g/mol. The van der Waals surface area contributed by atoms with Crippen molar-refractivity contribution in [2.75, 3.05) is 19.7 Å². The van der Waals surface area contributed by atoms with Crippen molar-refractivity contribution in [3.05, 3.63) is 0 Å². The van der Waals surface area contributed by atoms with Crippen molar-refractivity contribution in [2.45, 2.75) is 149 Å². The van der Waals surface area contributed by atoms with Crippen molar-refractivity contribution >= 4 is 5.91 Å². The summed E-state index contributed by atoms with van der Waals surface area (Å²) in [5.41, 5.74) is 35.9. The molecule has 1 aliphatic carbocycles. The summed E-state index contributed by atoms with van der Waals surface area (Å²) < 4.78 is 35.4. The van der Waals surface area contributed by atoms with Crippen LogP contribution in [0.25, 0.3) is 0 Å². The Bertz CT molecular complexity index is 1060. The van der Waals surface area contributed by atoms with E-state index in [-0.39, 0.29) is 25.6 Å². The van der Waals surface area contributed by atoms with E-state index in [9.17, 15) is 40.5 Å². The quantitative estimate of drug-likeness (QED) is 0.0842. The molecule has 21 nitrogen and oxygen atoms in total. The Morgan fingerprint density at radius 1 is 0.796 bits per heavy atom. The van der Waals surface area contributed by atoms with E-state index in [1.807, 2.05) is 0 Å². The molecule has 3 aliphatic heterocycles.